The maximum absolute atomic E-state index is 13.6. The molecule has 0 radical (unpaired) electrons. The predicted molar refractivity (Wildman–Crippen MR) is 76.4 cm³/mol. The third-order valence-corrected chi connectivity index (χ3v) is 5.42. The van der Waals surface area contributed by atoms with Crippen LogP contribution in [-0.4, -0.2) is 34.2 Å². The first-order valence-electron chi connectivity index (χ1n) is 5.95. The number of nitrogens with one attached hydrogen (secondary N) is 1. The van der Waals surface area contributed by atoms with E-state index in [4.69, 9.17) is 0 Å². The molecule has 3 rings (SSSR count). The molecule has 1 aromatic rings. The van der Waals surface area contributed by atoms with Gasteiger partial charge in [-0.2, -0.15) is 0 Å². The van der Waals surface area contributed by atoms with Gasteiger partial charge in [-0.05, 0) is 22.0 Å². The van der Waals surface area contributed by atoms with Crippen molar-refractivity contribution in [3.8, 4) is 0 Å². The van der Waals surface area contributed by atoms with E-state index in [-0.39, 0.29) is 11.9 Å². The van der Waals surface area contributed by atoms with Crippen LogP contribution in [0, 0.1) is 5.82 Å². The highest BCUT2D eigenvalue weighted by atomic mass is 79.9. The summed E-state index contributed by atoms with van der Waals surface area (Å²) in [7, 11) is -0.875. The number of carbonyl (C=O) groups excluding carboxylic acids is 1. The van der Waals surface area contributed by atoms with Gasteiger partial charge in [0.2, 0.25) is 5.91 Å². The summed E-state index contributed by atoms with van der Waals surface area (Å²) in [5.74, 6) is 0.508. The lowest BCUT2D eigenvalue weighted by molar-refractivity contribution is -0.116. The maximum Gasteiger partial charge on any atom is 0.226 e. The molecule has 1 aromatic carbocycles. The molecule has 4 nitrogen and oxygen atoms in total. The summed E-state index contributed by atoms with van der Waals surface area (Å²) in [5.41, 5.74) is 1.28. The number of anilines is 2. The Morgan fingerprint density at radius 1 is 1.47 bits per heavy atom. The van der Waals surface area contributed by atoms with E-state index < -0.39 is 16.6 Å². The van der Waals surface area contributed by atoms with Gasteiger partial charge in [-0.1, -0.05) is 0 Å². The number of carbonyl (C=O) groups is 1. The smallest absolute Gasteiger partial charge is 0.226 e. The van der Waals surface area contributed by atoms with Crippen molar-refractivity contribution in [2.75, 3.05) is 28.3 Å². The van der Waals surface area contributed by atoms with Gasteiger partial charge in [-0.25, -0.2) is 4.39 Å². The fourth-order valence-electron chi connectivity index (χ4n) is 2.55. The molecular formula is C12H12BrFN2O2S. The first-order chi connectivity index (χ1) is 9.04. The number of benzene rings is 1. The zero-order valence-corrected chi connectivity index (χ0v) is 12.4. The Balaban J connectivity index is 2.08. The molecule has 0 bridgehead atoms. The molecule has 2 heterocycles. The Morgan fingerprint density at radius 2 is 2.26 bits per heavy atom. The van der Waals surface area contributed by atoms with Gasteiger partial charge in [0, 0.05) is 47.4 Å². The summed E-state index contributed by atoms with van der Waals surface area (Å²) >= 11 is 3.17. The van der Waals surface area contributed by atoms with Crippen LogP contribution in [-0.2, 0) is 15.6 Å². The Bertz CT molecular complexity index is 581. The van der Waals surface area contributed by atoms with E-state index >= 15 is 0 Å². The second-order valence-corrected chi connectivity index (χ2v) is 7.17. The van der Waals surface area contributed by atoms with E-state index in [0.717, 1.165) is 5.69 Å². The Kier molecular flexibility index (Phi) is 3.34. The van der Waals surface area contributed by atoms with Crippen LogP contribution in [0.15, 0.2) is 16.6 Å². The normalized spacial score (nSPS) is 26.2. The van der Waals surface area contributed by atoms with Crippen LogP contribution < -0.4 is 10.2 Å². The van der Waals surface area contributed by atoms with Gasteiger partial charge < -0.3 is 10.2 Å². The van der Waals surface area contributed by atoms with Crippen LogP contribution in [0.2, 0.25) is 0 Å². The van der Waals surface area contributed by atoms with Gasteiger partial charge in [0.15, 0.2) is 0 Å². The van der Waals surface area contributed by atoms with Crippen LogP contribution >= 0.6 is 15.9 Å². The third kappa shape index (κ3) is 2.41. The minimum absolute atomic E-state index is 0.0757. The quantitative estimate of drug-likeness (QED) is 0.780. The van der Waals surface area contributed by atoms with Crippen molar-refractivity contribution in [1.82, 2.24) is 0 Å². The summed E-state index contributed by atoms with van der Waals surface area (Å²) < 4.78 is 25.6. The molecule has 7 heteroatoms. The third-order valence-electron chi connectivity index (χ3n) is 3.42. The molecule has 1 fully saturated rings. The molecule has 1 amide bonds. The summed E-state index contributed by atoms with van der Waals surface area (Å²) in [6, 6.07) is 2.93. The van der Waals surface area contributed by atoms with E-state index in [1.54, 1.807) is 6.07 Å². The second kappa shape index (κ2) is 4.86. The van der Waals surface area contributed by atoms with Gasteiger partial charge in [0.05, 0.1) is 15.8 Å². The molecule has 0 saturated carbocycles. The molecule has 0 aliphatic carbocycles. The fraction of sp³-hybridized carbons (Fsp3) is 0.417. The number of halogens is 2. The van der Waals surface area contributed by atoms with Crippen molar-refractivity contribution < 1.29 is 13.4 Å². The lowest BCUT2D eigenvalue weighted by Crippen LogP contribution is -2.47. The monoisotopic (exact) mass is 346 g/mol. The van der Waals surface area contributed by atoms with Crippen molar-refractivity contribution in [3.05, 3.63) is 22.4 Å². The van der Waals surface area contributed by atoms with Crippen molar-refractivity contribution in [2.24, 2.45) is 0 Å². The van der Waals surface area contributed by atoms with Gasteiger partial charge in [-0.3, -0.25) is 9.00 Å². The molecule has 2 atom stereocenters. The summed E-state index contributed by atoms with van der Waals surface area (Å²) in [4.78, 5) is 13.9. The zero-order chi connectivity index (χ0) is 13.6. The average molecular weight is 347 g/mol. The molecule has 2 unspecified atom stereocenters. The number of hydrogen-bond acceptors (Lipinski definition) is 3. The van der Waals surface area contributed by atoms with Crippen LogP contribution in [0.4, 0.5) is 15.8 Å². The molecule has 0 spiro atoms. The second-order valence-electron chi connectivity index (χ2n) is 4.69. The van der Waals surface area contributed by atoms with Crippen molar-refractivity contribution in [2.45, 2.75) is 12.5 Å². The predicted octanol–water partition coefficient (Wildman–Crippen LogP) is 1.87. The van der Waals surface area contributed by atoms with Gasteiger partial charge >= 0.3 is 0 Å². The van der Waals surface area contributed by atoms with E-state index in [2.05, 4.69) is 26.1 Å². The van der Waals surface area contributed by atoms with E-state index in [9.17, 15) is 13.4 Å². The van der Waals surface area contributed by atoms with Crippen molar-refractivity contribution in [1.29, 1.82) is 0 Å². The highest BCUT2D eigenvalue weighted by Crippen LogP contribution is 2.36. The largest absolute Gasteiger partial charge is 0.364 e. The van der Waals surface area contributed by atoms with Crippen LogP contribution in [0.5, 0.6) is 0 Å². The standard InChI is InChI=1S/C12H12BrFN2O2S/c13-8-4-11-10(5-9(8)14)15-12(17)3-7-6-19(18)2-1-16(7)11/h4-5,7H,1-3,6H2,(H,15,17). The summed E-state index contributed by atoms with van der Waals surface area (Å²) in [5, 5.41) is 2.72. The molecule has 19 heavy (non-hydrogen) atoms. The molecular weight excluding hydrogens is 335 g/mol. The molecule has 1 N–H and O–H groups in total. The van der Waals surface area contributed by atoms with Crippen molar-refractivity contribution in [3.63, 3.8) is 0 Å². The molecule has 2 aliphatic rings. The zero-order valence-electron chi connectivity index (χ0n) is 9.99. The SMILES string of the molecule is O=C1CC2CS(=O)CCN2c2cc(Br)c(F)cc2N1. The average Bonchev–Trinajstić information content (AvgIpc) is 2.45. The molecule has 1 saturated heterocycles. The maximum atomic E-state index is 13.6. The lowest BCUT2D eigenvalue weighted by Gasteiger charge is -2.35. The Morgan fingerprint density at radius 3 is 3.05 bits per heavy atom. The van der Waals surface area contributed by atoms with E-state index in [1.165, 1.54) is 6.07 Å². The van der Waals surface area contributed by atoms with Gasteiger partial charge in [0.25, 0.3) is 0 Å². The first kappa shape index (κ1) is 13.1. The topological polar surface area (TPSA) is 49.4 Å². The number of hydrogen-bond donors (Lipinski definition) is 1. The molecule has 102 valence electrons. The number of rotatable bonds is 0. The Hall–Kier alpha value is -0.950. The summed E-state index contributed by atoms with van der Waals surface area (Å²) in [6.45, 7) is 0.622. The minimum Gasteiger partial charge on any atom is -0.364 e. The number of nitrogens with zero attached hydrogens (tertiary/aromatic N) is 1. The highest BCUT2D eigenvalue weighted by Gasteiger charge is 2.33. The molecule has 2 aliphatic heterocycles. The van der Waals surface area contributed by atoms with Crippen LogP contribution in [0.25, 0.3) is 0 Å². The summed E-state index contributed by atoms with van der Waals surface area (Å²) in [6.07, 6.45) is 0.291. The lowest BCUT2D eigenvalue weighted by atomic mass is 10.1. The van der Waals surface area contributed by atoms with Crippen LogP contribution in [0.1, 0.15) is 6.42 Å². The number of amides is 1. The van der Waals surface area contributed by atoms with Gasteiger partial charge in [-0.15, -0.1) is 0 Å². The first-order valence-corrected chi connectivity index (χ1v) is 8.23. The van der Waals surface area contributed by atoms with E-state index in [0.29, 0.717) is 34.6 Å². The van der Waals surface area contributed by atoms with Crippen molar-refractivity contribution >= 4 is 44.0 Å². The minimum atomic E-state index is -0.875. The Labute approximate surface area is 120 Å². The number of fused-ring (bicyclic) bond motifs is 3. The van der Waals surface area contributed by atoms with Gasteiger partial charge in [0.1, 0.15) is 5.82 Å². The highest BCUT2D eigenvalue weighted by molar-refractivity contribution is 9.10. The fourth-order valence-corrected chi connectivity index (χ4v) is 4.17. The van der Waals surface area contributed by atoms with E-state index in [1.807, 2.05) is 0 Å². The molecule has 0 aromatic heterocycles. The van der Waals surface area contributed by atoms with Crippen LogP contribution in [0.3, 0.4) is 0 Å².